The van der Waals surface area contributed by atoms with E-state index in [4.69, 9.17) is 5.73 Å². The Morgan fingerprint density at radius 3 is 2.53 bits per heavy atom. The number of nitrogen functional groups attached to an aromatic ring is 1. The molecule has 88 valence electrons. The molecule has 0 radical (unpaired) electrons. The van der Waals surface area contributed by atoms with Crippen molar-refractivity contribution in [3.8, 4) is 0 Å². The van der Waals surface area contributed by atoms with E-state index in [1.165, 1.54) is 5.56 Å². The molecule has 0 saturated heterocycles. The van der Waals surface area contributed by atoms with E-state index in [-0.39, 0.29) is 0 Å². The molecule has 17 heavy (non-hydrogen) atoms. The molecule has 0 aliphatic rings. The number of aryl methyl sites for hydroxylation is 1. The van der Waals surface area contributed by atoms with Gasteiger partial charge >= 0.3 is 0 Å². The van der Waals surface area contributed by atoms with Crippen LogP contribution in [-0.4, -0.2) is 16.5 Å². The third kappa shape index (κ3) is 2.20. The first kappa shape index (κ1) is 11.4. The molecule has 0 aliphatic carbocycles. The molecule has 0 unspecified atom stereocenters. The first-order chi connectivity index (χ1) is 8.24. The summed E-state index contributed by atoms with van der Waals surface area (Å²) in [6.45, 7) is 4.94. The van der Waals surface area contributed by atoms with E-state index < -0.39 is 0 Å². The van der Waals surface area contributed by atoms with Gasteiger partial charge in [-0.15, -0.1) is 0 Å². The Labute approximate surface area is 101 Å². The first-order valence-corrected chi connectivity index (χ1v) is 5.63. The monoisotopic (exact) mass is 228 g/mol. The second kappa shape index (κ2) is 4.82. The molecule has 4 heteroatoms. The van der Waals surface area contributed by atoms with Gasteiger partial charge in [0.25, 0.3) is 0 Å². The van der Waals surface area contributed by atoms with E-state index in [9.17, 15) is 0 Å². The first-order valence-electron chi connectivity index (χ1n) is 5.63. The smallest absolute Gasteiger partial charge is 0.176 e. The minimum Gasteiger partial charge on any atom is -0.381 e. The summed E-state index contributed by atoms with van der Waals surface area (Å²) in [4.78, 5) is 10.4. The molecule has 2 rings (SSSR count). The van der Waals surface area contributed by atoms with Crippen molar-refractivity contribution < 1.29 is 0 Å². The molecule has 1 aromatic carbocycles. The van der Waals surface area contributed by atoms with E-state index >= 15 is 0 Å². The standard InChI is InChI=1S/C13H16N4/c1-3-17(11-7-5-4-6-10(11)2)13-12(14)15-8-9-16-13/h4-9H,3H2,1-2H3,(H2,14,15). The predicted octanol–water partition coefficient (Wildman–Crippen LogP) is 2.53. The van der Waals surface area contributed by atoms with Crippen LogP contribution in [0.4, 0.5) is 17.3 Å². The zero-order valence-electron chi connectivity index (χ0n) is 10.1. The SMILES string of the molecule is CCN(c1ccccc1C)c1nccnc1N. The fourth-order valence-electron chi connectivity index (χ4n) is 1.85. The maximum Gasteiger partial charge on any atom is 0.176 e. The highest BCUT2D eigenvalue weighted by atomic mass is 15.2. The fourth-order valence-corrected chi connectivity index (χ4v) is 1.85. The number of nitrogens with two attached hydrogens (primary N) is 1. The number of aromatic nitrogens is 2. The molecule has 0 saturated carbocycles. The average Bonchev–Trinajstić information content (AvgIpc) is 2.34. The number of benzene rings is 1. The van der Waals surface area contributed by atoms with Crippen molar-refractivity contribution in [1.82, 2.24) is 9.97 Å². The van der Waals surface area contributed by atoms with Crippen LogP contribution in [0, 0.1) is 6.92 Å². The van der Waals surface area contributed by atoms with Crippen molar-refractivity contribution in [2.24, 2.45) is 0 Å². The number of nitrogens with zero attached hydrogens (tertiary/aromatic N) is 3. The molecule has 0 aliphatic heterocycles. The topological polar surface area (TPSA) is 55.0 Å². The summed E-state index contributed by atoms with van der Waals surface area (Å²) in [7, 11) is 0. The lowest BCUT2D eigenvalue weighted by Crippen LogP contribution is -2.20. The Morgan fingerprint density at radius 2 is 1.88 bits per heavy atom. The number of hydrogen-bond acceptors (Lipinski definition) is 4. The third-order valence-electron chi connectivity index (χ3n) is 2.68. The van der Waals surface area contributed by atoms with Gasteiger partial charge in [-0.1, -0.05) is 18.2 Å². The van der Waals surface area contributed by atoms with Crippen LogP contribution in [0.3, 0.4) is 0 Å². The lowest BCUT2D eigenvalue weighted by Gasteiger charge is -2.24. The summed E-state index contributed by atoms with van der Waals surface area (Å²) in [6.07, 6.45) is 3.26. The maximum atomic E-state index is 5.87. The van der Waals surface area contributed by atoms with Crippen molar-refractivity contribution in [2.45, 2.75) is 13.8 Å². The van der Waals surface area contributed by atoms with Crippen LogP contribution in [0.1, 0.15) is 12.5 Å². The molecule has 0 fully saturated rings. The summed E-state index contributed by atoms with van der Waals surface area (Å²) in [5, 5.41) is 0. The molecule has 0 amide bonds. The van der Waals surface area contributed by atoms with Crippen LogP contribution >= 0.6 is 0 Å². The number of rotatable bonds is 3. The predicted molar refractivity (Wildman–Crippen MR) is 70.3 cm³/mol. The minimum absolute atomic E-state index is 0.456. The van der Waals surface area contributed by atoms with Crippen LogP contribution in [0.5, 0.6) is 0 Å². The Morgan fingerprint density at radius 1 is 1.18 bits per heavy atom. The van der Waals surface area contributed by atoms with Crippen molar-refractivity contribution in [2.75, 3.05) is 17.2 Å². The molecule has 4 nitrogen and oxygen atoms in total. The van der Waals surface area contributed by atoms with Gasteiger partial charge in [0.1, 0.15) is 0 Å². The van der Waals surface area contributed by atoms with Crippen molar-refractivity contribution in [3.63, 3.8) is 0 Å². The maximum absolute atomic E-state index is 5.87. The van der Waals surface area contributed by atoms with Gasteiger partial charge in [-0.2, -0.15) is 0 Å². The van der Waals surface area contributed by atoms with Crippen LogP contribution in [0.15, 0.2) is 36.7 Å². The van der Waals surface area contributed by atoms with Crippen LogP contribution in [0.2, 0.25) is 0 Å². The van der Waals surface area contributed by atoms with Crippen molar-refractivity contribution in [1.29, 1.82) is 0 Å². The molecular weight excluding hydrogens is 212 g/mol. The Kier molecular flexibility index (Phi) is 3.23. The number of anilines is 3. The van der Waals surface area contributed by atoms with Gasteiger partial charge < -0.3 is 10.6 Å². The molecule has 2 N–H and O–H groups in total. The lowest BCUT2D eigenvalue weighted by molar-refractivity contribution is 0.974. The van der Waals surface area contributed by atoms with Crippen molar-refractivity contribution >= 4 is 17.3 Å². The summed E-state index contributed by atoms with van der Waals surface area (Å²) >= 11 is 0. The molecule has 2 aromatic rings. The highest BCUT2D eigenvalue weighted by Crippen LogP contribution is 2.28. The molecular formula is C13H16N4. The molecule has 1 aromatic heterocycles. The van der Waals surface area contributed by atoms with E-state index in [0.29, 0.717) is 11.6 Å². The zero-order valence-corrected chi connectivity index (χ0v) is 10.1. The largest absolute Gasteiger partial charge is 0.381 e. The highest BCUT2D eigenvalue weighted by Gasteiger charge is 2.13. The quantitative estimate of drug-likeness (QED) is 0.877. The minimum atomic E-state index is 0.456. The van der Waals surface area contributed by atoms with E-state index in [1.54, 1.807) is 12.4 Å². The second-order valence-electron chi connectivity index (χ2n) is 3.80. The van der Waals surface area contributed by atoms with Gasteiger partial charge in [-0.3, -0.25) is 0 Å². The van der Waals surface area contributed by atoms with Gasteiger partial charge in [0.05, 0.1) is 0 Å². The second-order valence-corrected chi connectivity index (χ2v) is 3.80. The van der Waals surface area contributed by atoms with E-state index in [2.05, 4.69) is 40.8 Å². The van der Waals surface area contributed by atoms with Crippen molar-refractivity contribution in [3.05, 3.63) is 42.2 Å². The van der Waals surface area contributed by atoms with E-state index in [0.717, 1.165) is 12.2 Å². The van der Waals surface area contributed by atoms with Gasteiger partial charge in [-0.25, -0.2) is 9.97 Å². The molecule has 0 spiro atoms. The Bertz CT molecular complexity index is 465. The molecule has 0 bridgehead atoms. The Balaban J connectivity index is 2.48. The molecule has 0 atom stereocenters. The van der Waals surface area contributed by atoms with E-state index in [1.807, 2.05) is 12.1 Å². The summed E-state index contributed by atoms with van der Waals surface area (Å²) in [6, 6.07) is 8.17. The highest BCUT2D eigenvalue weighted by molar-refractivity contribution is 5.70. The van der Waals surface area contributed by atoms with Gasteiger partial charge in [-0.05, 0) is 25.5 Å². The molecule has 1 heterocycles. The lowest BCUT2D eigenvalue weighted by atomic mass is 10.2. The Hall–Kier alpha value is -2.10. The number of para-hydroxylation sites is 1. The average molecular weight is 228 g/mol. The fraction of sp³-hybridized carbons (Fsp3) is 0.231. The zero-order chi connectivity index (χ0) is 12.3. The van der Waals surface area contributed by atoms with Gasteiger partial charge in [0, 0.05) is 24.6 Å². The van der Waals surface area contributed by atoms with Gasteiger partial charge in [0.2, 0.25) is 0 Å². The summed E-state index contributed by atoms with van der Waals surface area (Å²) in [5.74, 6) is 1.17. The van der Waals surface area contributed by atoms with Crippen LogP contribution in [-0.2, 0) is 0 Å². The van der Waals surface area contributed by atoms with Crippen LogP contribution in [0.25, 0.3) is 0 Å². The third-order valence-corrected chi connectivity index (χ3v) is 2.68. The van der Waals surface area contributed by atoms with Gasteiger partial charge in [0.15, 0.2) is 11.6 Å². The van der Waals surface area contributed by atoms with Crippen LogP contribution < -0.4 is 10.6 Å². The number of hydrogen-bond donors (Lipinski definition) is 1. The summed E-state index contributed by atoms with van der Waals surface area (Å²) < 4.78 is 0. The normalized spacial score (nSPS) is 10.2. The summed E-state index contributed by atoms with van der Waals surface area (Å²) in [5.41, 5.74) is 8.18.